The third-order valence-corrected chi connectivity index (χ3v) is 4.91. The number of likely N-dealkylation sites (tertiary alicyclic amines) is 2. The van der Waals surface area contributed by atoms with Crippen LogP contribution in [-0.2, 0) is 9.59 Å². The van der Waals surface area contributed by atoms with Gasteiger partial charge in [-0.2, -0.15) is 0 Å². The number of carbonyl (C=O) groups excluding carboxylic acids is 2. The molecule has 2 unspecified atom stereocenters. The number of nitrogens with zero attached hydrogens (tertiary/aromatic N) is 2. The zero-order chi connectivity index (χ0) is 16.6. The Labute approximate surface area is 137 Å². The first kappa shape index (κ1) is 15.8. The molecule has 0 saturated carbocycles. The minimum atomic E-state index is -0.196. The van der Waals surface area contributed by atoms with E-state index in [2.05, 4.69) is 0 Å². The van der Waals surface area contributed by atoms with Gasteiger partial charge in [0, 0.05) is 25.6 Å². The van der Waals surface area contributed by atoms with Crippen molar-refractivity contribution in [2.24, 2.45) is 5.92 Å². The van der Waals surface area contributed by atoms with E-state index in [1.165, 1.54) is 0 Å². The van der Waals surface area contributed by atoms with Crippen LogP contribution < -0.4 is 4.74 Å². The number of carbonyl (C=O) groups is 2. The highest BCUT2D eigenvalue weighted by molar-refractivity contribution is 5.90. The summed E-state index contributed by atoms with van der Waals surface area (Å²) in [6.45, 7) is 5.31. The summed E-state index contributed by atoms with van der Waals surface area (Å²) >= 11 is 0. The molecule has 1 aromatic rings. The molecule has 0 aliphatic carbocycles. The minimum Gasteiger partial charge on any atom is -0.497 e. The summed E-state index contributed by atoms with van der Waals surface area (Å²) in [5, 5.41) is 0. The predicted octanol–water partition coefficient (Wildman–Crippen LogP) is 2.23. The number of ether oxygens (including phenoxy) is 1. The second kappa shape index (κ2) is 6.22. The van der Waals surface area contributed by atoms with Crippen LogP contribution in [0.15, 0.2) is 24.3 Å². The predicted molar refractivity (Wildman–Crippen MR) is 87.0 cm³/mol. The second-order valence-electron chi connectivity index (χ2n) is 6.65. The number of amides is 2. The minimum absolute atomic E-state index is 0.0943. The first-order valence-electron chi connectivity index (χ1n) is 8.25. The smallest absolute Gasteiger partial charge is 0.228 e. The van der Waals surface area contributed by atoms with E-state index in [4.69, 9.17) is 4.74 Å². The van der Waals surface area contributed by atoms with Gasteiger partial charge >= 0.3 is 0 Å². The van der Waals surface area contributed by atoms with Crippen LogP contribution in [0.25, 0.3) is 0 Å². The average Bonchev–Trinajstić information content (AvgIpc) is 2.88. The third kappa shape index (κ3) is 2.92. The summed E-state index contributed by atoms with van der Waals surface area (Å²) in [7, 11) is 1.65. The van der Waals surface area contributed by atoms with Crippen molar-refractivity contribution in [1.82, 2.24) is 9.80 Å². The highest BCUT2D eigenvalue weighted by atomic mass is 16.5. The highest BCUT2D eigenvalue weighted by Crippen LogP contribution is 2.37. The molecule has 23 heavy (non-hydrogen) atoms. The van der Waals surface area contributed by atoms with Gasteiger partial charge in [-0.1, -0.05) is 12.1 Å². The first-order valence-corrected chi connectivity index (χ1v) is 8.25. The lowest BCUT2D eigenvalue weighted by atomic mass is 9.92. The zero-order valence-corrected chi connectivity index (χ0v) is 14.0. The van der Waals surface area contributed by atoms with Crippen LogP contribution in [0, 0.1) is 5.92 Å². The van der Waals surface area contributed by atoms with Crippen LogP contribution in [0.2, 0.25) is 0 Å². The van der Waals surface area contributed by atoms with Gasteiger partial charge in [-0.05, 0) is 38.0 Å². The lowest BCUT2D eigenvalue weighted by molar-refractivity contribution is -0.143. The fourth-order valence-corrected chi connectivity index (χ4v) is 3.48. The van der Waals surface area contributed by atoms with E-state index in [0.29, 0.717) is 13.0 Å². The number of hydrogen-bond donors (Lipinski definition) is 0. The summed E-state index contributed by atoms with van der Waals surface area (Å²) in [4.78, 5) is 28.6. The van der Waals surface area contributed by atoms with Crippen molar-refractivity contribution in [3.05, 3.63) is 29.8 Å². The molecule has 0 radical (unpaired) electrons. The van der Waals surface area contributed by atoms with Crippen LogP contribution in [0.5, 0.6) is 5.75 Å². The molecule has 2 fully saturated rings. The Morgan fingerprint density at radius 1 is 1.35 bits per heavy atom. The van der Waals surface area contributed by atoms with E-state index >= 15 is 0 Å². The molecule has 2 aliphatic heterocycles. The number of hydrogen-bond acceptors (Lipinski definition) is 3. The molecule has 0 N–H and O–H groups in total. The van der Waals surface area contributed by atoms with Crippen LogP contribution in [-0.4, -0.2) is 47.9 Å². The van der Waals surface area contributed by atoms with Crippen molar-refractivity contribution in [3.8, 4) is 5.75 Å². The Hall–Kier alpha value is -2.04. The fourth-order valence-electron chi connectivity index (χ4n) is 3.48. The molecule has 124 valence electrons. The largest absolute Gasteiger partial charge is 0.497 e. The molecular formula is C18H24N2O3. The lowest BCUT2D eigenvalue weighted by Gasteiger charge is -2.42. The summed E-state index contributed by atoms with van der Waals surface area (Å²) in [6, 6.07) is 8.16. The first-order chi connectivity index (χ1) is 11.0. The maximum Gasteiger partial charge on any atom is 0.228 e. The molecule has 2 saturated heterocycles. The van der Waals surface area contributed by atoms with Gasteiger partial charge in [0.15, 0.2) is 0 Å². The Kier molecular flexibility index (Phi) is 4.28. The maximum atomic E-state index is 12.8. The van der Waals surface area contributed by atoms with Crippen LogP contribution >= 0.6 is 0 Å². The van der Waals surface area contributed by atoms with Gasteiger partial charge in [-0.15, -0.1) is 0 Å². The molecule has 0 bridgehead atoms. The molecule has 3 rings (SSSR count). The summed E-state index contributed by atoms with van der Waals surface area (Å²) < 4.78 is 5.27. The zero-order valence-electron chi connectivity index (χ0n) is 14.0. The van der Waals surface area contributed by atoms with Crippen LogP contribution in [0.1, 0.15) is 38.3 Å². The van der Waals surface area contributed by atoms with E-state index in [-0.39, 0.29) is 29.8 Å². The Balaban J connectivity index is 1.70. The molecule has 5 heteroatoms. The fraction of sp³-hybridized carbons (Fsp3) is 0.556. The maximum absolute atomic E-state index is 12.8. The summed E-state index contributed by atoms with van der Waals surface area (Å²) in [5.74, 6) is 0.819. The number of rotatable bonds is 4. The quantitative estimate of drug-likeness (QED) is 0.856. The molecule has 1 aromatic carbocycles. The van der Waals surface area contributed by atoms with E-state index in [9.17, 15) is 9.59 Å². The standard InChI is InChI=1S/C18H24N2O3/c1-12(2)20-11-14(10-17(20)21)18(22)19-8-7-16(19)13-5-4-6-15(9-13)23-3/h4-6,9,12,14,16H,7-8,10-11H2,1-3H3. The molecule has 2 aliphatic rings. The van der Waals surface area contributed by atoms with Crippen molar-refractivity contribution < 1.29 is 14.3 Å². The highest BCUT2D eigenvalue weighted by Gasteiger charge is 2.42. The van der Waals surface area contributed by atoms with Gasteiger partial charge in [-0.25, -0.2) is 0 Å². The van der Waals surface area contributed by atoms with E-state index in [1.54, 1.807) is 7.11 Å². The molecule has 0 aromatic heterocycles. The third-order valence-electron chi connectivity index (χ3n) is 4.91. The monoisotopic (exact) mass is 316 g/mol. The van der Waals surface area contributed by atoms with Crippen molar-refractivity contribution in [2.75, 3.05) is 20.2 Å². The van der Waals surface area contributed by atoms with Crippen molar-refractivity contribution in [2.45, 2.75) is 38.8 Å². The molecule has 2 amide bonds. The van der Waals surface area contributed by atoms with Crippen molar-refractivity contribution in [3.63, 3.8) is 0 Å². The van der Waals surface area contributed by atoms with E-state index < -0.39 is 0 Å². The second-order valence-corrected chi connectivity index (χ2v) is 6.65. The normalized spacial score (nSPS) is 24.1. The van der Waals surface area contributed by atoms with Gasteiger partial charge in [0.05, 0.1) is 19.1 Å². The Morgan fingerprint density at radius 2 is 2.13 bits per heavy atom. The average molecular weight is 316 g/mol. The molecule has 5 nitrogen and oxygen atoms in total. The van der Waals surface area contributed by atoms with Gasteiger partial charge < -0.3 is 14.5 Å². The van der Waals surface area contributed by atoms with E-state index in [1.807, 2.05) is 47.9 Å². The van der Waals surface area contributed by atoms with Gasteiger partial charge in [0.2, 0.25) is 11.8 Å². The topological polar surface area (TPSA) is 49.9 Å². The van der Waals surface area contributed by atoms with Gasteiger partial charge in [-0.3, -0.25) is 9.59 Å². The molecule has 2 heterocycles. The molecule has 0 spiro atoms. The van der Waals surface area contributed by atoms with Crippen LogP contribution in [0.3, 0.4) is 0 Å². The van der Waals surface area contributed by atoms with Crippen molar-refractivity contribution >= 4 is 11.8 Å². The number of methoxy groups -OCH3 is 1. The molecule has 2 atom stereocenters. The summed E-state index contributed by atoms with van der Waals surface area (Å²) in [6.07, 6.45) is 1.31. The summed E-state index contributed by atoms with van der Waals surface area (Å²) in [5.41, 5.74) is 1.11. The lowest BCUT2D eigenvalue weighted by Crippen LogP contribution is -2.48. The van der Waals surface area contributed by atoms with Gasteiger partial charge in [0.25, 0.3) is 0 Å². The molecular weight excluding hydrogens is 292 g/mol. The van der Waals surface area contributed by atoms with Gasteiger partial charge in [0.1, 0.15) is 5.75 Å². The van der Waals surface area contributed by atoms with Crippen molar-refractivity contribution in [1.29, 1.82) is 0 Å². The Morgan fingerprint density at radius 3 is 2.70 bits per heavy atom. The SMILES string of the molecule is COc1cccc(C2CCN2C(=O)C2CC(=O)N(C(C)C)C2)c1. The number of benzene rings is 1. The van der Waals surface area contributed by atoms with Crippen LogP contribution in [0.4, 0.5) is 0 Å². The Bertz CT molecular complexity index is 614. The van der Waals surface area contributed by atoms with E-state index in [0.717, 1.165) is 24.3 Å².